The SMILES string of the molecule is CC(C)(C)c1cc(-c2cc(CC(c3ccc(C(C)(C)c4cc(-c5ccc(O)c(C(C)(C)C)c5)c(O)c(-c5ccc(O)c(C(C)(C)C)c5)c4)cc3)c3cc(-c4ccc(O)c(C(C)(C)C)c4)c(O)c(-c4ccc(O)c(C(C)(C)C)c4)c3)cc(-c3ccc(O)c(C(C)(C)C)c3)c2O)ccc1O. The Balaban J connectivity index is 1.25. The Kier molecular flexibility index (Phi) is 18.4. The smallest absolute Gasteiger partial charge is 0.131 e. The molecule has 0 aliphatic carbocycles. The van der Waals surface area contributed by atoms with E-state index in [2.05, 4.69) is 38.1 Å². The minimum atomic E-state index is -0.724. The molecule has 0 bridgehead atoms. The van der Waals surface area contributed by atoms with Gasteiger partial charge in [0, 0.05) is 44.7 Å². The molecule has 10 aromatic rings. The van der Waals surface area contributed by atoms with E-state index in [9.17, 15) is 46.0 Å². The standard InChI is InChI=1S/C89H100O9/c1-83(2,3)68-42-52(23-31-74(68)90)62-38-50(39-63(80(62)96)53-24-32-75(91)69(43-53)84(4,5)6)37-61(58-40-64(54-25-33-76(92)70(44-54)85(7,8)9)81(97)65(41-58)55-26-34-77(93)71(45-55)86(10,11)12)51-21-29-59(30-22-51)89(19,20)60-48-66(56-27-35-78(94)72(46-56)87(13,14)15)82(98)67(49-60)57-28-36-79(95)73(47-57)88(16,17)18/h21-36,38-49,61,90-98H,37H2,1-20H3. The quantitative estimate of drug-likeness (QED) is 0.0575. The molecule has 0 radical (unpaired) electrons. The third kappa shape index (κ3) is 14.2. The van der Waals surface area contributed by atoms with Crippen molar-refractivity contribution in [3.63, 3.8) is 0 Å². The highest BCUT2D eigenvalue weighted by atomic mass is 16.3. The lowest BCUT2D eigenvalue weighted by molar-refractivity contribution is 0.446. The van der Waals surface area contributed by atoms with Crippen molar-refractivity contribution in [1.82, 2.24) is 0 Å². The molecule has 9 heteroatoms. The largest absolute Gasteiger partial charge is 0.508 e. The number of rotatable bonds is 12. The molecule has 0 fully saturated rings. The fraction of sp³-hybridized carbons (Fsp3) is 0.326. The molecule has 9 N–H and O–H groups in total. The molecule has 0 saturated heterocycles. The van der Waals surface area contributed by atoms with E-state index in [0.29, 0.717) is 84.3 Å². The van der Waals surface area contributed by atoms with E-state index in [1.54, 1.807) is 36.4 Å². The van der Waals surface area contributed by atoms with Crippen LogP contribution in [0.25, 0.3) is 66.8 Å². The Bertz CT molecular complexity index is 4460. The summed E-state index contributed by atoms with van der Waals surface area (Å²) in [6.07, 6.45) is 0.351. The third-order valence-corrected chi connectivity index (χ3v) is 19.7. The van der Waals surface area contributed by atoms with Crippen molar-refractivity contribution in [3.8, 4) is 119 Å². The van der Waals surface area contributed by atoms with Gasteiger partial charge in [0.25, 0.3) is 0 Å². The van der Waals surface area contributed by atoms with Crippen LogP contribution >= 0.6 is 0 Å². The lowest BCUT2D eigenvalue weighted by atomic mass is 9.74. The van der Waals surface area contributed by atoms with Crippen LogP contribution in [0.3, 0.4) is 0 Å². The first-order valence-corrected chi connectivity index (χ1v) is 34.1. The van der Waals surface area contributed by atoms with Gasteiger partial charge < -0.3 is 46.0 Å². The van der Waals surface area contributed by atoms with Crippen LogP contribution in [0, 0.1) is 0 Å². The molecule has 0 spiro atoms. The van der Waals surface area contributed by atoms with Gasteiger partial charge in [-0.25, -0.2) is 0 Å². The van der Waals surface area contributed by atoms with Crippen LogP contribution in [0.2, 0.25) is 0 Å². The molecule has 0 saturated carbocycles. The zero-order valence-electron chi connectivity index (χ0n) is 61.0. The molecule has 9 nitrogen and oxygen atoms in total. The number of phenolic OH excluding ortho intramolecular Hbond substituents is 9. The lowest BCUT2D eigenvalue weighted by Gasteiger charge is -2.30. The highest BCUT2D eigenvalue weighted by Gasteiger charge is 2.32. The van der Waals surface area contributed by atoms with Crippen molar-refractivity contribution in [2.75, 3.05) is 0 Å². The molecule has 10 aromatic carbocycles. The monoisotopic (exact) mass is 1310 g/mol. The first-order chi connectivity index (χ1) is 45.3. The minimum Gasteiger partial charge on any atom is -0.508 e. The summed E-state index contributed by atoms with van der Waals surface area (Å²) in [7, 11) is 0. The van der Waals surface area contributed by atoms with Gasteiger partial charge in [0.1, 0.15) is 51.7 Å². The van der Waals surface area contributed by atoms with E-state index in [4.69, 9.17) is 0 Å². The molecular weight excluding hydrogens is 1210 g/mol. The summed E-state index contributed by atoms with van der Waals surface area (Å²) < 4.78 is 0. The van der Waals surface area contributed by atoms with Gasteiger partial charge in [-0.15, -0.1) is 0 Å². The average molecular weight is 1310 g/mol. The molecule has 0 heterocycles. The van der Waals surface area contributed by atoms with Gasteiger partial charge in [0.15, 0.2) is 0 Å². The van der Waals surface area contributed by atoms with E-state index >= 15 is 0 Å². The van der Waals surface area contributed by atoms with Crippen LogP contribution in [0.1, 0.15) is 206 Å². The Hall–Kier alpha value is -9.60. The maximum Gasteiger partial charge on any atom is 0.131 e. The van der Waals surface area contributed by atoms with Crippen LogP contribution in [0.15, 0.2) is 170 Å². The van der Waals surface area contributed by atoms with Crippen LogP contribution in [-0.2, 0) is 44.3 Å². The molecular formula is C89H100O9. The number of hydrogen-bond acceptors (Lipinski definition) is 9. The summed E-state index contributed by atoms with van der Waals surface area (Å²) in [6.45, 7) is 41.1. The van der Waals surface area contributed by atoms with Gasteiger partial charge >= 0.3 is 0 Å². The zero-order chi connectivity index (χ0) is 72.1. The summed E-state index contributed by atoms with van der Waals surface area (Å²) in [5.41, 5.74) is 12.9. The normalized spacial score (nSPS) is 13.1. The van der Waals surface area contributed by atoms with E-state index < -0.39 is 43.8 Å². The van der Waals surface area contributed by atoms with Crippen molar-refractivity contribution >= 4 is 0 Å². The first kappa shape index (κ1) is 71.2. The fourth-order valence-corrected chi connectivity index (χ4v) is 13.8. The van der Waals surface area contributed by atoms with E-state index in [1.165, 1.54) is 0 Å². The van der Waals surface area contributed by atoms with Crippen molar-refractivity contribution in [3.05, 3.63) is 231 Å². The fourth-order valence-electron chi connectivity index (χ4n) is 13.8. The van der Waals surface area contributed by atoms with Gasteiger partial charge in [0.2, 0.25) is 0 Å². The highest BCUT2D eigenvalue weighted by molar-refractivity contribution is 5.88. The summed E-state index contributed by atoms with van der Waals surface area (Å²) in [5.74, 6) is 0.551. The summed E-state index contributed by atoms with van der Waals surface area (Å²) >= 11 is 0. The maximum absolute atomic E-state index is 13.0. The lowest BCUT2D eigenvalue weighted by Crippen LogP contribution is -2.19. The van der Waals surface area contributed by atoms with Gasteiger partial charge in [-0.3, -0.25) is 0 Å². The molecule has 0 aromatic heterocycles. The number of hydrogen-bond donors (Lipinski definition) is 9. The van der Waals surface area contributed by atoms with Gasteiger partial charge in [-0.05, 0) is 243 Å². The van der Waals surface area contributed by atoms with E-state index in [0.717, 1.165) is 50.1 Å². The maximum atomic E-state index is 13.0. The first-order valence-electron chi connectivity index (χ1n) is 34.1. The Morgan fingerprint density at radius 3 is 0.694 bits per heavy atom. The van der Waals surface area contributed by atoms with Crippen molar-refractivity contribution < 1.29 is 46.0 Å². The molecule has 1 atom stereocenters. The predicted octanol–water partition coefficient (Wildman–Crippen LogP) is 22.5. The molecule has 98 heavy (non-hydrogen) atoms. The third-order valence-electron chi connectivity index (χ3n) is 19.7. The second kappa shape index (κ2) is 25.4. The van der Waals surface area contributed by atoms with E-state index in [1.807, 2.05) is 234 Å². The minimum absolute atomic E-state index is 0.0235. The van der Waals surface area contributed by atoms with Gasteiger partial charge in [-0.1, -0.05) is 199 Å². The second-order valence-corrected chi connectivity index (χ2v) is 33.8. The van der Waals surface area contributed by atoms with Crippen LogP contribution in [0.5, 0.6) is 51.7 Å². The number of aromatic hydroxyl groups is 9. The van der Waals surface area contributed by atoms with Crippen LogP contribution < -0.4 is 0 Å². The molecule has 510 valence electrons. The molecule has 0 aliphatic rings. The highest BCUT2D eigenvalue weighted by Crippen LogP contribution is 2.51. The van der Waals surface area contributed by atoms with E-state index in [-0.39, 0.29) is 51.7 Å². The molecule has 1 unspecified atom stereocenters. The number of benzene rings is 10. The average Bonchev–Trinajstić information content (AvgIpc) is 0.759. The Morgan fingerprint density at radius 2 is 0.459 bits per heavy atom. The van der Waals surface area contributed by atoms with Crippen molar-refractivity contribution in [2.24, 2.45) is 0 Å². The molecule has 10 rings (SSSR count). The second-order valence-electron chi connectivity index (χ2n) is 33.8. The topological polar surface area (TPSA) is 182 Å². The van der Waals surface area contributed by atoms with Crippen molar-refractivity contribution in [1.29, 1.82) is 0 Å². The van der Waals surface area contributed by atoms with Crippen LogP contribution in [-0.4, -0.2) is 46.0 Å². The zero-order valence-corrected chi connectivity index (χ0v) is 61.0. The summed E-state index contributed by atoms with van der Waals surface area (Å²) in [6, 6.07) is 53.6. The number of phenols is 9. The van der Waals surface area contributed by atoms with Crippen molar-refractivity contribution in [2.45, 2.75) is 189 Å². The molecule has 0 amide bonds. The Morgan fingerprint density at radius 1 is 0.235 bits per heavy atom. The molecule has 0 aliphatic heterocycles. The Labute approximate surface area is 581 Å². The van der Waals surface area contributed by atoms with Gasteiger partial charge in [0.05, 0.1) is 0 Å². The summed E-state index contributed by atoms with van der Waals surface area (Å²) in [4.78, 5) is 0. The predicted molar refractivity (Wildman–Crippen MR) is 403 cm³/mol. The van der Waals surface area contributed by atoms with Crippen LogP contribution in [0.4, 0.5) is 0 Å². The summed E-state index contributed by atoms with van der Waals surface area (Å²) in [5, 5.41) is 106. The van der Waals surface area contributed by atoms with Gasteiger partial charge in [-0.2, -0.15) is 0 Å².